The van der Waals surface area contributed by atoms with Gasteiger partial charge in [-0.05, 0) is 25.0 Å². The first-order valence-corrected chi connectivity index (χ1v) is 8.55. The first kappa shape index (κ1) is 16.4. The molecule has 3 nitrogen and oxygen atoms in total. The Balaban J connectivity index is 2.48. The van der Waals surface area contributed by atoms with Crippen LogP contribution in [0.5, 0.6) is 0 Å². The number of nitrogens with two attached hydrogens (primary N) is 1. The lowest BCUT2D eigenvalue weighted by Crippen LogP contribution is -2.07. The van der Waals surface area contributed by atoms with Crippen molar-refractivity contribution < 1.29 is 0 Å². The summed E-state index contributed by atoms with van der Waals surface area (Å²) in [6, 6.07) is 5.80. The Morgan fingerprint density at radius 2 is 2.05 bits per heavy atom. The van der Waals surface area contributed by atoms with Gasteiger partial charge in [-0.15, -0.1) is 0 Å². The zero-order chi connectivity index (χ0) is 15.4. The van der Waals surface area contributed by atoms with Gasteiger partial charge >= 0.3 is 0 Å². The Morgan fingerprint density at radius 1 is 1.29 bits per heavy atom. The Labute approximate surface area is 139 Å². The molecule has 5 heteroatoms. The molecule has 0 fully saturated rings. The zero-order valence-corrected chi connectivity index (χ0v) is 14.8. The molecule has 21 heavy (non-hydrogen) atoms. The Hall–Kier alpha value is -1.00. The number of rotatable bonds is 6. The van der Waals surface area contributed by atoms with Crippen molar-refractivity contribution in [3.05, 3.63) is 33.5 Å². The van der Waals surface area contributed by atoms with E-state index in [1.165, 1.54) is 0 Å². The molecule has 2 rings (SSSR count). The maximum Gasteiger partial charge on any atom is 0.131 e. The number of benzene rings is 1. The summed E-state index contributed by atoms with van der Waals surface area (Å²) >= 11 is 9.77. The minimum absolute atomic E-state index is 0.666. The fourth-order valence-corrected chi connectivity index (χ4v) is 3.14. The van der Waals surface area contributed by atoms with E-state index in [2.05, 4.69) is 34.3 Å². The predicted molar refractivity (Wildman–Crippen MR) is 93.7 cm³/mol. The Kier molecular flexibility index (Phi) is 5.71. The molecule has 0 aliphatic carbocycles. The van der Waals surface area contributed by atoms with Gasteiger partial charge in [0.05, 0.1) is 5.02 Å². The van der Waals surface area contributed by atoms with Crippen LogP contribution in [-0.4, -0.2) is 9.55 Å². The second-order valence-electron chi connectivity index (χ2n) is 5.14. The van der Waals surface area contributed by atoms with Gasteiger partial charge in [0.15, 0.2) is 0 Å². The molecule has 2 aromatic rings. The number of aryl methyl sites for hydroxylation is 1. The maximum absolute atomic E-state index is 6.34. The summed E-state index contributed by atoms with van der Waals surface area (Å²) < 4.78 is 3.09. The summed E-state index contributed by atoms with van der Waals surface area (Å²) in [7, 11) is 0. The fraction of sp³-hybridized carbons (Fsp3) is 0.438. The van der Waals surface area contributed by atoms with Crippen molar-refractivity contribution in [1.29, 1.82) is 0 Å². The molecule has 0 atom stereocenters. The van der Waals surface area contributed by atoms with E-state index in [9.17, 15) is 0 Å². The second kappa shape index (κ2) is 7.32. The van der Waals surface area contributed by atoms with E-state index in [4.69, 9.17) is 22.3 Å². The van der Waals surface area contributed by atoms with Crippen molar-refractivity contribution >= 4 is 33.3 Å². The van der Waals surface area contributed by atoms with Gasteiger partial charge in [-0.3, -0.25) is 0 Å². The maximum atomic E-state index is 6.34. The van der Waals surface area contributed by atoms with Crippen LogP contribution < -0.4 is 5.73 Å². The molecule has 0 radical (unpaired) electrons. The van der Waals surface area contributed by atoms with Crippen LogP contribution in [0.2, 0.25) is 5.02 Å². The summed E-state index contributed by atoms with van der Waals surface area (Å²) in [5.74, 6) is 1.77. The van der Waals surface area contributed by atoms with Crippen LogP contribution in [0, 0.1) is 0 Å². The van der Waals surface area contributed by atoms with Gasteiger partial charge in [0.1, 0.15) is 17.3 Å². The highest BCUT2D eigenvalue weighted by molar-refractivity contribution is 9.10. The van der Waals surface area contributed by atoms with E-state index in [0.29, 0.717) is 5.02 Å². The van der Waals surface area contributed by atoms with E-state index in [0.717, 1.165) is 59.6 Å². The van der Waals surface area contributed by atoms with Gasteiger partial charge in [0, 0.05) is 23.0 Å². The average Bonchev–Trinajstić information content (AvgIpc) is 2.74. The Bertz CT molecular complexity index is 622. The minimum atomic E-state index is 0.666. The molecule has 0 amide bonds. The quantitative estimate of drug-likeness (QED) is 0.749. The van der Waals surface area contributed by atoms with E-state index >= 15 is 0 Å². The van der Waals surface area contributed by atoms with Crippen LogP contribution in [0.4, 0.5) is 5.82 Å². The summed E-state index contributed by atoms with van der Waals surface area (Å²) in [6.45, 7) is 5.25. The van der Waals surface area contributed by atoms with E-state index < -0.39 is 0 Å². The molecule has 0 aliphatic rings. The lowest BCUT2D eigenvalue weighted by molar-refractivity contribution is 0.604. The standard InChI is InChI=1S/C16H21BrClN3/c1-3-5-9-21-14(6-4-2)20-15(16(21)19)12-8-7-11(17)10-13(12)18/h7-8,10H,3-6,9,19H2,1-2H3. The number of halogens is 2. The van der Waals surface area contributed by atoms with E-state index in [1.807, 2.05) is 18.2 Å². The van der Waals surface area contributed by atoms with Crippen molar-refractivity contribution in [2.45, 2.75) is 46.1 Å². The van der Waals surface area contributed by atoms with E-state index in [-0.39, 0.29) is 0 Å². The molecule has 114 valence electrons. The van der Waals surface area contributed by atoms with Crippen LogP contribution in [0.3, 0.4) is 0 Å². The molecule has 0 saturated heterocycles. The average molecular weight is 371 g/mol. The number of nitrogen functional groups attached to an aromatic ring is 1. The molecule has 2 N–H and O–H groups in total. The topological polar surface area (TPSA) is 43.8 Å². The lowest BCUT2D eigenvalue weighted by Gasteiger charge is -2.08. The SMILES string of the molecule is CCCCn1c(CCC)nc(-c2ccc(Br)cc2Cl)c1N. The zero-order valence-electron chi connectivity index (χ0n) is 12.5. The van der Waals surface area contributed by atoms with Crippen molar-refractivity contribution in [1.82, 2.24) is 9.55 Å². The van der Waals surface area contributed by atoms with Crippen LogP contribution in [0.15, 0.2) is 22.7 Å². The Morgan fingerprint density at radius 3 is 2.67 bits per heavy atom. The molecular formula is C16H21BrClN3. The largest absolute Gasteiger partial charge is 0.383 e. The third kappa shape index (κ3) is 3.61. The third-order valence-electron chi connectivity index (χ3n) is 3.48. The van der Waals surface area contributed by atoms with Gasteiger partial charge in [-0.25, -0.2) is 4.98 Å². The molecule has 1 heterocycles. The monoisotopic (exact) mass is 369 g/mol. The number of hydrogen-bond donors (Lipinski definition) is 1. The van der Waals surface area contributed by atoms with Gasteiger partial charge in [0.2, 0.25) is 0 Å². The smallest absolute Gasteiger partial charge is 0.131 e. The van der Waals surface area contributed by atoms with Crippen LogP contribution in [0.1, 0.15) is 38.9 Å². The summed E-state index contributed by atoms with van der Waals surface area (Å²) in [6.07, 6.45) is 4.22. The highest BCUT2D eigenvalue weighted by Gasteiger charge is 2.17. The van der Waals surface area contributed by atoms with Gasteiger partial charge in [0.25, 0.3) is 0 Å². The number of aromatic nitrogens is 2. The number of unbranched alkanes of at least 4 members (excludes halogenated alkanes) is 1. The number of imidazole rings is 1. The highest BCUT2D eigenvalue weighted by atomic mass is 79.9. The molecule has 0 spiro atoms. The van der Waals surface area contributed by atoms with Crippen LogP contribution in [0.25, 0.3) is 11.3 Å². The van der Waals surface area contributed by atoms with Gasteiger partial charge in [-0.2, -0.15) is 0 Å². The first-order valence-electron chi connectivity index (χ1n) is 7.38. The van der Waals surface area contributed by atoms with Crippen molar-refractivity contribution in [2.24, 2.45) is 0 Å². The highest BCUT2D eigenvalue weighted by Crippen LogP contribution is 2.34. The molecular weight excluding hydrogens is 350 g/mol. The van der Waals surface area contributed by atoms with Gasteiger partial charge < -0.3 is 10.3 Å². The summed E-state index contributed by atoms with van der Waals surface area (Å²) in [5, 5.41) is 0.666. The molecule has 0 aliphatic heterocycles. The van der Waals surface area contributed by atoms with Crippen molar-refractivity contribution in [3.63, 3.8) is 0 Å². The molecule has 0 unspecified atom stereocenters. The second-order valence-corrected chi connectivity index (χ2v) is 6.46. The number of nitrogens with zero attached hydrogens (tertiary/aromatic N) is 2. The van der Waals surface area contributed by atoms with Gasteiger partial charge in [-0.1, -0.05) is 53.9 Å². The third-order valence-corrected chi connectivity index (χ3v) is 4.29. The van der Waals surface area contributed by atoms with Crippen molar-refractivity contribution in [3.8, 4) is 11.3 Å². The first-order chi connectivity index (χ1) is 10.1. The molecule has 0 saturated carbocycles. The molecule has 1 aromatic heterocycles. The van der Waals surface area contributed by atoms with Crippen LogP contribution in [-0.2, 0) is 13.0 Å². The molecule has 1 aromatic carbocycles. The van der Waals surface area contributed by atoms with Crippen molar-refractivity contribution in [2.75, 3.05) is 5.73 Å². The predicted octanol–water partition coefficient (Wildman–Crippen LogP) is 5.30. The minimum Gasteiger partial charge on any atom is -0.383 e. The summed E-state index contributed by atoms with van der Waals surface area (Å²) in [5.41, 5.74) is 8.04. The normalized spacial score (nSPS) is 11.0. The number of hydrogen-bond acceptors (Lipinski definition) is 2. The number of anilines is 1. The van der Waals surface area contributed by atoms with E-state index in [1.54, 1.807) is 0 Å². The lowest BCUT2D eigenvalue weighted by atomic mass is 10.1. The summed E-state index contributed by atoms with van der Waals surface area (Å²) in [4.78, 5) is 4.75. The van der Waals surface area contributed by atoms with Crippen LogP contribution >= 0.6 is 27.5 Å². The fourth-order valence-electron chi connectivity index (χ4n) is 2.37. The molecule has 0 bridgehead atoms.